The largest absolute Gasteiger partial charge is 0.307 e. The van der Waals surface area contributed by atoms with Gasteiger partial charge in [0.05, 0.1) is 4.91 Å². The molecule has 1 saturated heterocycles. The second-order valence-electron chi connectivity index (χ2n) is 3.69. The van der Waals surface area contributed by atoms with E-state index in [1.54, 1.807) is 0 Å². The first kappa shape index (κ1) is 12.0. The molecule has 1 aliphatic rings. The molecule has 0 atom stereocenters. The van der Waals surface area contributed by atoms with E-state index in [0.29, 0.717) is 10.8 Å². The molecule has 1 aliphatic heterocycles. The number of thiocarbonyl (C=S) groups is 1. The molecule has 2 aromatic rings. The number of tetrazole rings is 1. The highest BCUT2D eigenvalue weighted by atomic mass is 32.2. The Morgan fingerprint density at radius 2 is 2.16 bits per heavy atom. The monoisotopic (exact) mass is 289 g/mol. The Bertz CT molecular complexity index is 680. The molecule has 0 saturated carbocycles. The van der Waals surface area contributed by atoms with Gasteiger partial charge in [0.1, 0.15) is 4.99 Å². The molecule has 1 amide bonds. The number of H-pyrrole nitrogens is 1. The van der Waals surface area contributed by atoms with Crippen LogP contribution in [0.4, 0.5) is 4.79 Å². The molecule has 19 heavy (non-hydrogen) atoms. The zero-order valence-corrected chi connectivity index (χ0v) is 11.1. The van der Waals surface area contributed by atoms with Crippen LogP contribution in [-0.2, 0) is 0 Å². The smallest absolute Gasteiger partial charge is 0.289 e. The number of carbonyl (C=O) groups is 1. The molecule has 6 nitrogen and oxygen atoms in total. The molecular weight excluding hydrogens is 282 g/mol. The first-order chi connectivity index (χ1) is 9.24. The zero-order valence-electron chi connectivity index (χ0n) is 9.45. The van der Waals surface area contributed by atoms with E-state index in [9.17, 15) is 4.79 Å². The van der Waals surface area contributed by atoms with Gasteiger partial charge in [0.25, 0.3) is 5.24 Å². The molecule has 0 bridgehead atoms. The van der Waals surface area contributed by atoms with E-state index in [0.717, 1.165) is 27.8 Å². The topological polar surface area (TPSA) is 83.6 Å². The standard InChI is InChI=1S/C11H7N5OS2/c17-11-12-10(18)8(19-11)5-6-3-1-2-4-7(6)9-13-15-16-14-9/h1-5H,(H,12,17,18)(H,13,14,15,16)/b8-5-. The third-order valence-electron chi connectivity index (χ3n) is 2.49. The normalized spacial score (nSPS) is 16.9. The molecule has 2 N–H and O–H groups in total. The van der Waals surface area contributed by atoms with Crippen molar-refractivity contribution in [3.8, 4) is 11.4 Å². The van der Waals surface area contributed by atoms with E-state index >= 15 is 0 Å². The maximum atomic E-state index is 11.3. The first-order valence-electron chi connectivity index (χ1n) is 5.32. The lowest BCUT2D eigenvalue weighted by Crippen LogP contribution is -2.15. The minimum absolute atomic E-state index is 0.157. The van der Waals surface area contributed by atoms with E-state index in [-0.39, 0.29) is 5.24 Å². The summed E-state index contributed by atoms with van der Waals surface area (Å²) in [6, 6.07) is 7.60. The summed E-state index contributed by atoms with van der Waals surface area (Å²) in [4.78, 5) is 12.4. The fourth-order valence-corrected chi connectivity index (χ4v) is 2.70. The van der Waals surface area contributed by atoms with Crippen LogP contribution in [0, 0.1) is 0 Å². The second kappa shape index (κ2) is 4.90. The summed E-state index contributed by atoms with van der Waals surface area (Å²) in [5, 5.41) is 16.1. The van der Waals surface area contributed by atoms with Gasteiger partial charge in [-0.05, 0) is 33.8 Å². The average molecular weight is 289 g/mol. The molecule has 1 aromatic heterocycles. The van der Waals surface area contributed by atoms with E-state index in [2.05, 4.69) is 25.9 Å². The summed E-state index contributed by atoms with van der Waals surface area (Å²) >= 11 is 6.17. The van der Waals surface area contributed by atoms with Crippen molar-refractivity contribution >= 4 is 40.3 Å². The van der Waals surface area contributed by atoms with E-state index < -0.39 is 0 Å². The number of hydrogen-bond acceptors (Lipinski definition) is 6. The van der Waals surface area contributed by atoms with Crippen molar-refractivity contribution in [3.05, 3.63) is 34.7 Å². The lowest BCUT2D eigenvalue weighted by Gasteiger charge is -2.02. The summed E-state index contributed by atoms with van der Waals surface area (Å²) < 4.78 is 0. The van der Waals surface area contributed by atoms with Crippen molar-refractivity contribution in [3.63, 3.8) is 0 Å². The van der Waals surface area contributed by atoms with Gasteiger partial charge < -0.3 is 5.32 Å². The Labute approximate surface area is 117 Å². The molecule has 0 unspecified atom stereocenters. The minimum Gasteiger partial charge on any atom is -0.307 e. The van der Waals surface area contributed by atoms with Crippen molar-refractivity contribution in [2.24, 2.45) is 0 Å². The number of amides is 1. The van der Waals surface area contributed by atoms with Crippen molar-refractivity contribution in [2.45, 2.75) is 0 Å². The molecule has 2 heterocycles. The number of carbonyl (C=O) groups excluding carboxylic acids is 1. The molecule has 1 aromatic carbocycles. The Morgan fingerprint density at radius 1 is 1.32 bits per heavy atom. The molecule has 0 radical (unpaired) electrons. The Balaban J connectivity index is 2.05. The van der Waals surface area contributed by atoms with Crippen molar-refractivity contribution in [2.75, 3.05) is 0 Å². The molecule has 0 spiro atoms. The molecule has 8 heteroatoms. The van der Waals surface area contributed by atoms with Gasteiger partial charge in [-0.1, -0.05) is 36.5 Å². The summed E-state index contributed by atoms with van der Waals surface area (Å²) in [6.07, 6.45) is 1.85. The minimum atomic E-state index is -0.157. The van der Waals surface area contributed by atoms with E-state index in [4.69, 9.17) is 12.2 Å². The average Bonchev–Trinajstić information content (AvgIpc) is 3.01. The first-order valence-corrected chi connectivity index (χ1v) is 6.54. The van der Waals surface area contributed by atoms with Crippen LogP contribution in [0.25, 0.3) is 17.5 Å². The number of aromatic nitrogens is 4. The summed E-state index contributed by atoms with van der Waals surface area (Å²) in [6.45, 7) is 0. The van der Waals surface area contributed by atoms with Crippen LogP contribution >= 0.6 is 24.0 Å². The number of thioether (sulfide) groups is 1. The number of aromatic amines is 1. The van der Waals surface area contributed by atoms with Crippen LogP contribution in [-0.4, -0.2) is 30.9 Å². The predicted octanol–water partition coefficient (Wildman–Crippen LogP) is 1.99. The second-order valence-corrected chi connectivity index (χ2v) is 5.11. The highest BCUT2D eigenvalue weighted by Crippen LogP contribution is 2.29. The molecule has 3 rings (SSSR count). The quantitative estimate of drug-likeness (QED) is 0.650. The van der Waals surface area contributed by atoms with Gasteiger partial charge in [0, 0.05) is 5.56 Å². The van der Waals surface area contributed by atoms with E-state index in [1.165, 1.54) is 0 Å². The third-order valence-corrected chi connectivity index (χ3v) is 3.77. The summed E-state index contributed by atoms with van der Waals surface area (Å²) in [5.41, 5.74) is 1.74. The van der Waals surface area contributed by atoms with E-state index in [1.807, 2.05) is 30.3 Å². The van der Waals surface area contributed by atoms with Gasteiger partial charge in [-0.2, -0.15) is 0 Å². The molecule has 0 aliphatic carbocycles. The van der Waals surface area contributed by atoms with Gasteiger partial charge in [-0.15, -0.1) is 5.10 Å². The number of rotatable bonds is 2. The van der Waals surface area contributed by atoms with Crippen molar-refractivity contribution < 1.29 is 4.79 Å². The molecule has 94 valence electrons. The Morgan fingerprint density at radius 3 is 2.84 bits per heavy atom. The van der Waals surface area contributed by atoms with Crippen LogP contribution in [0.2, 0.25) is 0 Å². The Hall–Kier alpha value is -2.06. The number of hydrogen-bond donors (Lipinski definition) is 2. The SMILES string of the molecule is O=C1NC(=S)/C(=C/c2ccccc2-c2nnn[nH]2)S1. The van der Waals surface area contributed by atoms with Gasteiger partial charge >= 0.3 is 0 Å². The Kier molecular flexibility index (Phi) is 3.10. The number of nitrogens with one attached hydrogen (secondary N) is 2. The summed E-state index contributed by atoms with van der Waals surface area (Å²) in [5.74, 6) is 0.570. The van der Waals surface area contributed by atoms with Gasteiger partial charge in [-0.25, -0.2) is 5.10 Å². The maximum absolute atomic E-state index is 11.3. The third kappa shape index (κ3) is 2.40. The summed E-state index contributed by atoms with van der Waals surface area (Å²) in [7, 11) is 0. The van der Waals surface area contributed by atoms with Gasteiger partial charge in [0.15, 0.2) is 5.82 Å². The number of nitrogens with zero attached hydrogens (tertiary/aromatic N) is 3. The van der Waals surface area contributed by atoms with Crippen LogP contribution in [0.3, 0.4) is 0 Å². The van der Waals surface area contributed by atoms with Crippen LogP contribution < -0.4 is 5.32 Å². The fraction of sp³-hybridized carbons (Fsp3) is 0. The predicted molar refractivity (Wildman–Crippen MR) is 76.3 cm³/mol. The van der Waals surface area contributed by atoms with Crippen LogP contribution in [0.1, 0.15) is 5.56 Å². The van der Waals surface area contributed by atoms with Crippen molar-refractivity contribution in [1.82, 2.24) is 25.9 Å². The van der Waals surface area contributed by atoms with Gasteiger partial charge in [0.2, 0.25) is 0 Å². The van der Waals surface area contributed by atoms with Crippen LogP contribution in [0.15, 0.2) is 29.2 Å². The highest BCUT2D eigenvalue weighted by molar-refractivity contribution is 8.19. The molecule has 1 fully saturated rings. The molecular formula is C11H7N5OS2. The lowest BCUT2D eigenvalue weighted by atomic mass is 10.1. The van der Waals surface area contributed by atoms with Crippen molar-refractivity contribution in [1.29, 1.82) is 0 Å². The van der Waals surface area contributed by atoms with Crippen LogP contribution in [0.5, 0.6) is 0 Å². The lowest BCUT2D eigenvalue weighted by molar-refractivity contribution is 0.265. The maximum Gasteiger partial charge on any atom is 0.289 e. The van der Waals surface area contributed by atoms with Gasteiger partial charge in [-0.3, -0.25) is 4.79 Å². The zero-order chi connectivity index (χ0) is 13.2. The highest BCUT2D eigenvalue weighted by Gasteiger charge is 2.22. The number of benzene rings is 1. The fourth-order valence-electron chi connectivity index (χ4n) is 1.67.